The van der Waals surface area contributed by atoms with Gasteiger partial charge in [0, 0.05) is 38.9 Å². The first-order chi connectivity index (χ1) is 31.6. The molecule has 0 aromatic heterocycles. The highest BCUT2D eigenvalue weighted by atomic mass is 16.5. The van der Waals surface area contributed by atoms with Gasteiger partial charge in [0.2, 0.25) is 0 Å². The summed E-state index contributed by atoms with van der Waals surface area (Å²) in [6.45, 7) is 20.1. The van der Waals surface area contributed by atoms with E-state index in [-0.39, 0.29) is 0 Å². The minimum absolute atomic E-state index is 0.313. The normalized spacial score (nSPS) is 17.3. The smallest absolute Gasteiger partial charge is 0.152 e. The number of allylic oxidation sites excluding steroid dienone is 2. The van der Waals surface area contributed by atoms with Crippen molar-refractivity contribution in [3.8, 4) is 29.4 Å². The highest BCUT2D eigenvalue weighted by molar-refractivity contribution is 5.68. The lowest BCUT2D eigenvalue weighted by Gasteiger charge is -2.29. The molecule has 3 aromatic carbocycles. The number of fused-ring (bicyclic) bond motifs is 2. The Morgan fingerprint density at radius 3 is 2.23 bits per heavy atom. The maximum atomic E-state index is 10.1. The molecule has 14 heteroatoms. The fraction of sp³-hybridized carbons (Fsp3) is 0.490. The molecular weight excluding hydrogens is 827 g/mol. The van der Waals surface area contributed by atoms with Crippen molar-refractivity contribution in [2.24, 2.45) is 0 Å². The molecule has 0 atom stereocenters. The zero-order valence-electron chi connectivity index (χ0n) is 39.3. The van der Waals surface area contributed by atoms with Crippen LogP contribution in [0.3, 0.4) is 0 Å². The Balaban J connectivity index is 1.48. The molecule has 5 rings (SSSR count). The van der Waals surface area contributed by atoms with E-state index < -0.39 is 5.60 Å². The molecule has 0 amide bonds. The number of methoxy groups -OCH3 is 1. The highest BCUT2D eigenvalue weighted by Crippen LogP contribution is 2.41. The van der Waals surface area contributed by atoms with E-state index in [1.165, 1.54) is 0 Å². The number of nitrogens with zero attached hydrogens (tertiary/aromatic N) is 4. The van der Waals surface area contributed by atoms with Crippen LogP contribution in [0.25, 0.3) is 6.08 Å². The molecule has 0 saturated heterocycles. The summed E-state index contributed by atoms with van der Waals surface area (Å²) in [6, 6.07) is 22.8. The largest absolute Gasteiger partial charge is 0.490 e. The molecule has 1 N–H and O–H groups in total. The van der Waals surface area contributed by atoms with E-state index in [0.29, 0.717) is 140 Å². The lowest BCUT2D eigenvalue weighted by Crippen LogP contribution is -2.34. The molecule has 2 aliphatic rings. The monoisotopic (exact) mass is 893 g/mol. The summed E-state index contributed by atoms with van der Waals surface area (Å²) in [5.74, 6) is 2.49. The van der Waals surface area contributed by atoms with Crippen LogP contribution in [0.1, 0.15) is 44.4 Å². The number of nitrogens with one attached hydrogen (secondary N) is 1. The van der Waals surface area contributed by atoms with Crippen molar-refractivity contribution in [3.63, 3.8) is 0 Å². The predicted octanol–water partition coefficient (Wildman–Crippen LogP) is 8.05. The van der Waals surface area contributed by atoms with Gasteiger partial charge >= 0.3 is 0 Å². The van der Waals surface area contributed by atoms with Crippen LogP contribution >= 0.6 is 0 Å². The number of rotatable bonds is 14. The molecule has 3 aromatic rings. The Morgan fingerprint density at radius 2 is 1.49 bits per heavy atom. The lowest BCUT2D eigenvalue weighted by molar-refractivity contribution is 0.0498. The van der Waals surface area contributed by atoms with Crippen molar-refractivity contribution in [3.05, 3.63) is 99.8 Å². The van der Waals surface area contributed by atoms with Crippen LogP contribution in [-0.2, 0) is 28.4 Å². The van der Waals surface area contributed by atoms with Crippen LogP contribution in [0.4, 0.5) is 17.1 Å². The molecule has 2 aliphatic heterocycles. The van der Waals surface area contributed by atoms with Gasteiger partial charge in [0.25, 0.3) is 0 Å². The summed E-state index contributed by atoms with van der Waals surface area (Å²) in [7, 11) is 1.64. The molecule has 0 aliphatic carbocycles. The molecular formula is C51H67N5O9. The Bertz CT molecular complexity index is 2170. The third-order valence-corrected chi connectivity index (χ3v) is 10.8. The van der Waals surface area contributed by atoms with E-state index in [4.69, 9.17) is 42.6 Å². The standard InChI is InChI=1S/C51H67N5O9/c1-8-58-28-29-60-23-18-55-19-24-61-31-30-59-22-17-54-44-14-9-38(2)33-47(44)62-25-20-56(21-26-63-48-34-39(3)10-15-45(48)55)46-16-12-41(35-49(46)64-32-27-57-7)11-13-43-42(37-53)50(40(4)36-52)65-51(43,5)6/h9-16,33-35,54H,8,17-32H2,1-7H3/b13-11+,50-40+. The quantitative estimate of drug-likeness (QED) is 0.123. The predicted molar refractivity (Wildman–Crippen MR) is 254 cm³/mol. The Kier molecular flexibility index (Phi) is 20.3. The second kappa shape index (κ2) is 26.3. The number of anilines is 3. The molecule has 14 nitrogen and oxygen atoms in total. The molecule has 0 unspecified atom stereocenters. The number of aryl methyl sites for hydroxylation is 2. The van der Waals surface area contributed by atoms with Crippen LogP contribution in [0.5, 0.6) is 17.2 Å². The Labute approximate surface area is 385 Å². The molecule has 65 heavy (non-hydrogen) atoms. The minimum atomic E-state index is -0.807. The van der Waals surface area contributed by atoms with Crippen molar-refractivity contribution in [2.75, 3.05) is 134 Å². The van der Waals surface area contributed by atoms with Crippen molar-refractivity contribution in [1.82, 2.24) is 0 Å². The topological polar surface area (TPSA) is 149 Å². The van der Waals surface area contributed by atoms with Gasteiger partial charge in [-0.1, -0.05) is 30.4 Å². The molecule has 0 spiro atoms. The Morgan fingerprint density at radius 1 is 0.785 bits per heavy atom. The van der Waals surface area contributed by atoms with E-state index >= 15 is 0 Å². The van der Waals surface area contributed by atoms with Gasteiger partial charge in [0.15, 0.2) is 5.76 Å². The summed E-state index contributed by atoms with van der Waals surface area (Å²) >= 11 is 0. The zero-order valence-corrected chi connectivity index (χ0v) is 39.3. The average molecular weight is 894 g/mol. The van der Waals surface area contributed by atoms with E-state index in [9.17, 15) is 10.5 Å². The third kappa shape index (κ3) is 15.2. The van der Waals surface area contributed by atoms with Crippen molar-refractivity contribution >= 4 is 23.1 Å². The third-order valence-electron chi connectivity index (χ3n) is 10.8. The second-order valence-corrected chi connectivity index (χ2v) is 16.1. The van der Waals surface area contributed by atoms with E-state index in [2.05, 4.69) is 58.4 Å². The van der Waals surface area contributed by atoms with Crippen LogP contribution in [0.2, 0.25) is 0 Å². The van der Waals surface area contributed by atoms with E-state index in [0.717, 1.165) is 45.3 Å². The summed E-state index contributed by atoms with van der Waals surface area (Å²) in [6.07, 6.45) is 3.82. The lowest BCUT2D eigenvalue weighted by atomic mass is 9.94. The zero-order chi connectivity index (χ0) is 46.4. The first-order valence-electron chi connectivity index (χ1n) is 22.5. The summed E-state index contributed by atoms with van der Waals surface area (Å²) in [5.41, 5.74) is 6.30. The fourth-order valence-electron chi connectivity index (χ4n) is 7.34. The van der Waals surface area contributed by atoms with Crippen molar-refractivity contribution in [2.45, 2.75) is 47.1 Å². The minimum Gasteiger partial charge on any atom is -0.490 e. The average Bonchev–Trinajstić information content (AvgIpc) is 3.56. The number of hydrogen-bond acceptors (Lipinski definition) is 14. The van der Waals surface area contributed by atoms with Crippen molar-refractivity contribution in [1.29, 1.82) is 10.5 Å². The molecule has 350 valence electrons. The van der Waals surface area contributed by atoms with E-state index in [1.54, 1.807) is 14.0 Å². The first kappa shape index (κ1) is 50.3. The summed E-state index contributed by atoms with van der Waals surface area (Å²) in [4.78, 5) is 4.46. The van der Waals surface area contributed by atoms with E-state index in [1.807, 2.05) is 70.2 Å². The molecule has 0 bridgehead atoms. The number of hydrogen-bond donors (Lipinski definition) is 1. The maximum Gasteiger partial charge on any atom is 0.152 e. The molecule has 2 heterocycles. The van der Waals surface area contributed by atoms with Gasteiger partial charge in [0.1, 0.15) is 54.3 Å². The van der Waals surface area contributed by atoms with Gasteiger partial charge < -0.3 is 57.7 Å². The molecule has 0 radical (unpaired) electrons. The SMILES string of the molecule is CCOCCOCCN1CCOCCOCCNc2ccc(C)cc2OCCN(c2ccc(/C=C/C3=C(C#N)C(=C(/C)C#N)/OC3(C)C)cc2OCCOC)CCOc2cc(C)ccc21. The molecule has 0 fully saturated rings. The summed E-state index contributed by atoms with van der Waals surface area (Å²) < 4.78 is 54.6. The van der Waals surface area contributed by atoms with Gasteiger partial charge in [-0.05, 0) is 94.6 Å². The molecule has 0 saturated carbocycles. The van der Waals surface area contributed by atoms with Crippen molar-refractivity contribution < 1.29 is 42.6 Å². The van der Waals surface area contributed by atoms with Crippen LogP contribution < -0.4 is 29.3 Å². The number of nitriles is 2. The van der Waals surface area contributed by atoms with Crippen LogP contribution in [-0.4, -0.2) is 125 Å². The maximum absolute atomic E-state index is 10.1. The van der Waals surface area contributed by atoms with Gasteiger partial charge in [-0.25, -0.2) is 0 Å². The number of benzene rings is 3. The Hall–Kier alpha value is -5.74. The van der Waals surface area contributed by atoms with Gasteiger partial charge in [-0.2, -0.15) is 10.5 Å². The second-order valence-electron chi connectivity index (χ2n) is 16.1. The first-order valence-corrected chi connectivity index (χ1v) is 22.5. The fourth-order valence-corrected chi connectivity index (χ4v) is 7.34. The van der Waals surface area contributed by atoms with Gasteiger partial charge in [-0.3, -0.25) is 0 Å². The highest BCUT2D eigenvalue weighted by Gasteiger charge is 2.37. The number of ether oxygens (including phenoxy) is 9. The van der Waals surface area contributed by atoms with Gasteiger partial charge in [-0.15, -0.1) is 0 Å². The summed E-state index contributed by atoms with van der Waals surface area (Å²) in [5, 5.41) is 23.2. The van der Waals surface area contributed by atoms with Gasteiger partial charge in [0.05, 0.1) is 94.6 Å². The van der Waals surface area contributed by atoms with Crippen LogP contribution in [0.15, 0.2) is 83.2 Å². The van der Waals surface area contributed by atoms with Crippen LogP contribution in [0, 0.1) is 36.5 Å².